The van der Waals surface area contributed by atoms with E-state index >= 15 is 0 Å². The predicted molar refractivity (Wildman–Crippen MR) is 86.9 cm³/mol. The van der Waals surface area contributed by atoms with Crippen LogP contribution in [-0.4, -0.2) is 26.8 Å². The molecule has 0 saturated carbocycles. The molecular formula is C15H20N2O2S2. The Labute approximate surface area is 130 Å². The summed E-state index contributed by atoms with van der Waals surface area (Å²) in [7, 11) is -0.00589. The van der Waals surface area contributed by atoms with Gasteiger partial charge in [-0.3, -0.25) is 0 Å². The second-order valence-corrected chi connectivity index (χ2v) is 8.02. The fraction of sp³-hybridized carbons (Fsp3) is 0.333. The molecule has 0 spiro atoms. The average Bonchev–Trinajstić information content (AvgIpc) is 2.94. The van der Waals surface area contributed by atoms with Gasteiger partial charge < -0.3 is 5.32 Å². The van der Waals surface area contributed by atoms with Crippen molar-refractivity contribution >= 4 is 21.4 Å². The first-order chi connectivity index (χ1) is 9.95. The van der Waals surface area contributed by atoms with E-state index in [0.717, 1.165) is 16.0 Å². The molecule has 2 rings (SSSR count). The summed E-state index contributed by atoms with van der Waals surface area (Å²) in [5.41, 5.74) is 1.74. The second kappa shape index (κ2) is 6.70. The predicted octanol–water partition coefficient (Wildman–Crippen LogP) is 2.60. The molecule has 2 aromatic rings. The molecule has 0 radical (unpaired) electrons. The first kappa shape index (κ1) is 16.2. The summed E-state index contributed by atoms with van der Waals surface area (Å²) in [5, 5.41) is 4.99. The lowest BCUT2D eigenvalue weighted by Gasteiger charge is -2.18. The maximum atomic E-state index is 12.7. The van der Waals surface area contributed by atoms with E-state index in [1.54, 1.807) is 24.5 Å². The number of hydrogen-bond donors (Lipinski definition) is 1. The highest BCUT2D eigenvalue weighted by Crippen LogP contribution is 2.23. The van der Waals surface area contributed by atoms with E-state index in [2.05, 4.69) is 5.32 Å². The third kappa shape index (κ3) is 3.71. The fourth-order valence-electron chi connectivity index (χ4n) is 2.11. The Bertz CT molecular complexity index is 694. The highest BCUT2D eigenvalue weighted by molar-refractivity contribution is 7.89. The fourth-order valence-corrected chi connectivity index (χ4v) is 4.37. The Kier molecular flexibility index (Phi) is 5.16. The van der Waals surface area contributed by atoms with Crippen molar-refractivity contribution < 1.29 is 8.42 Å². The molecular weight excluding hydrogens is 304 g/mol. The van der Waals surface area contributed by atoms with Gasteiger partial charge in [-0.05, 0) is 42.6 Å². The van der Waals surface area contributed by atoms with E-state index < -0.39 is 10.0 Å². The maximum Gasteiger partial charge on any atom is 0.243 e. The van der Waals surface area contributed by atoms with Gasteiger partial charge in [-0.25, -0.2) is 8.42 Å². The maximum absolute atomic E-state index is 12.7. The molecule has 1 aromatic heterocycles. The Balaban J connectivity index is 2.31. The van der Waals surface area contributed by atoms with Crippen LogP contribution in [0.1, 0.15) is 16.0 Å². The summed E-state index contributed by atoms with van der Waals surface area (Å²) >= 11 is 1.56. The van der Waals surface area contributed by atoms with Crippen LogP contribution in [0.4, 0.5) is 0 Å². The van der Waals surface area contributed by atoms with Crippen molar-refractivity contribution in [1.82, 2.24) is 9.62 Å². The van der Waals surface area contributed by atoms with Crippen molar-refractivity contribution in [3.63, 3.8) is 0 Å². The molecule has 1 N–H and O–H groups in total. The minimum Gasteiger partial charge on any atom is -0.316 e. The quantitative estimate of drug-likeness (QED) is 0.888. The highest BCUT2D eigenvalue weighted by atomic mass is 32.2. The summed E-state index contributed by atoms with van der Waals surface area (Å²) in [5.74, 6) is 0. The molecule has 0 unspecified atom stereocenters. The minimum absolute atomic E-state index is 0.384. The smallest absolute Gasteiger partial charge is 0.243 e. The molecule has 0 aliphatic rings. The molecule has 21 heavy (non-hydrogen) atoms. The highest BCUT2D eigenvalue weighted by Gasteiger charge is 2.23. The Hall–Kier alpha value is -1.21. The lowest BCUT2D eigenvalue weighted by molar-refractivity contribution is 0.469. The summed E-state index contributed by atoms with van der Waals surface area (Å²) in [6, 6.07) is 9.44. The molecule has 114 valence electrons. The van der Waals surface area contributed by atoms with Crippen LogP contribution in [-0.2, 0) is 23.1 Å². The van der Waals surface area contributed by atoms with Gasteiger partial charge in [0.05, 0.1) is 4.90 Å². The van der Waals surface area contributed by atoms with Gasteiger partial charge in [-0.2, -0.15) is 4.31 Å². The van der Waals surface area contributed by atoms with Gasteiger partial charge in [-0.15, -0.1) is 11.3 Å². The van der Waals surface area contributed by atoms with E-state index in [9.17, 15) is 8.42 Å². The molecule has 6 heteroatoms. The first-order valence-electron chi connectivity index (χ1n) is 6.68. The third-order valence-electron chi connectivity index (χ3n) is 3.28. The van der Waals surface area contributed by atoms with Crippen molar-refractivity contribution in [1.29, 1.82) is 0 Å². The van der Waals surface area contributed by atoms with Crippen LogP contribution < -0.4 is 5.32 Å². The van der Waals surface area contributed by atoms with Crippen molar-refractivity contribution in [3.05, 3.63) is 51.7 Å². The number of nitrogens with one attached hydrogen (secondary N) is 1. The zero-order chi connectivity index (χ0) is 15.5. The first-order valence-corrected chi connectivity index (χ1v) is 9.00. The summed E-state index contributed by atoms with van der Waals surface area (Å²) in [4.78, 5) is 1.42. The van der Waals surface area contributed by atoms with Crippen LogP contribution in [0, 0.1) is 6.92 Å². The largest absolute Gasteiger partial charge is 0.316 e. The second-order valence-electron chi connectivity index (χ2n) is 4.97. The Morgan fingerprint density at radius 3 is 2.67 bits per heavy atom. The normalized spacial score (nSPS) is 12.0. The van der Waals surface area contributed by atoms with Gasteiger partial charge in [0.25, 0.3) is 0 Å². The van der Waals surface area contributed by atoms with Crippen molar-refractivity contribution in [2.24, 2.45) is 0 Å². The Morgan fingerprint density at radius 2 is 2.05 bits per heavy atom. The van der Waals surface area contributed by atoms with Gasteiger partial charge in [0.2, 0.25) is 10.0 Å². The number of nitrogens with zero attached hydrogens (tertiary/aromatic N) is 1. The van der Waals surface area contributed by atoms with Crippen LogP contribution >= 0.6 is 11.3 Å². The van der Waals surface area contributed by atoms with Crippen molar-refractivity contribution in [3.8, 4) is 0 Å². The van der Waals surface area contributed by atoms with Gasteiger partial charge in [0.1, 0.15) is 0 Å². The van der Waals surface area contributed by atoms with E-state index in [0.29, 0.717) is 18.0 Å². The SMILES string of the molecule is CNCc1ccc(C)c(S(=O)(=O)N(C)Cc2cccs2)c1. The number of sulfonamides is 1. The summed E-state index contributed by atoms with van der Waals surface area (Å²) < 4.78 is 26.9. The number of hydrogen-bond acceptors (Lipinski definition) is 4. The van der Waals surface area contributed by atoms with Crippen LogP contribution in [0.2, 0.25) is 0 Å². The van der Waals surface area contributed by atoms with Crippen LogP contribution in [0.3, 0.4) is 0 Å². The molecule has 4 nitrogen and oxygen atoms in total. The van der Waals surface area contributed by atoms with E-state index in [-0.39, 0.29) is 0 Å². The van der Waals surface area contributed by atoms with Gasteiger partial charge >= 0.3 is 0 Å². The Morgan fingerprint density at radius 1 is 1.29 bits per heavy atom. The molecule has 0 bridgehead atoms. The topological polar surface area (TPSA) is 49.4 Å². The van der Waals surface area contributed by atoms with E-state index in [1.807, 2.05) is 43.6 Å². The molecule has 0 saturated heterocycles. The molecule has 0 atom stereocenters. The standard InChI is InChI=1S/C15H20N2O2S2/c1-12-6-7-13(10-16-2)9-15(12)21(18,19)17(3)11-14-5-4-8-20-14/h4-9,16H,10-11H2,1-3H3. The van der Waals surface area contributed by atoms with E-state index in [4.69, 9.17) is 0 Å². The monoisotopic (exact) mass is 324 g/mol. The molecule has 0 amide bonds. The number of thiophene rings is 1. The lowest BCUT2D eigenvalue weighted by atomic mass is 10.1. The zero-order valence-electron chi connectivity index (χ0n) is 12.5. The summed E-state index contributed by atoms with van der Waals surface area (Å²) in [6.45, 7) is 2.88. The van der Waals surface area contributed by atoms with Crippen molar-refractivity contribution in [2.45, 2.75) is 24.9 Å². The molecule has 1 aromatic carbocycles. The minimum atomic E-state index is -3.47. The van der Waals surface area contributed by atoms with Crippen LogP contribution in [0.15, 0.2) is 40.6 Å². The van der Waals surface area contributed by atoms with E-state index in [1.165, 1.54) is 4.31 Å². The molecule has 0 aliphatic heterocycles. The zero-order valence-corrected chi connectivity index (χ0v) is 14.1. The molecule has 0 aliphatic carbocycles. The molecule has 0 fully saturated rings. The van der Waals surface area contributed by atoms with Gasteiger partial charge in [0.15, 0.2) is 0 Å². The summed E-state index contributed by atoms with van der Waals surface area (Å²) in [6.07, 6.45) is 0. The van der Waals surface area contributed by atoms with Gasteiger partial charge in [0, 0.05) is 25.0 Å². The lowest BCUT2D eigenvalue weighted by Crippen LogP contribution is -2.27. The molecule has 1 heterocycles. The number of rotatable bonds is 6. The van der Waals surface area contributed by atoms with Crippen LogP contribution in [0.5, 0.6) is 0 Å². The van der Waals surface area contributed by atoms with Gasteiger partial charge in [-0.1, -0.05) is 18.2 Å². The van der Waals surface area contributed by atoms with Crippen molar-refractivity contribution in [2.75, 3.05) is 14.1 Å². The number of aryl methyl sites for hydroxylation is 1. The average molecular weight is 324 g/mol. The number of benzene rings is 1. The van der Waals surface area contributed by atoms with Crippen LogP contribution in [0.25, 0.3) is 0 Å². The third-order valence-corrected chi connectivity index (χ3v) is 6.09.